The van der Waals surface area contributed by atoms with Crippen LogP contribution in [0.5, 0.6) is 0 Å². The topological polar surface area (TPSA) is 131 Å². The van der Waals surface area contributed by atoms with Crippen molar-refractivity contribution >= 4 is 23.2 Å². The molecule has 1 amide bonds. The molecule has 4 rings (SSSR count). The third-order valence-corrected chi connectivity index (χ3v) is 4.75. The third-order valence-electron chi connectivity index (χ3n) is 4.75. The Morgan fingerprint density at radius 1 is 1.13 bits per heavy atom. The van der Waals surface area contributed by atoms with E-state index in [1.807, 2.05) is 12.1 Å². The maximum atomic E-state index is 12.4. The van der Waals surface area contributed by atoms with Crippen LogP contribution in [0.3, 0.4) is 0 Å². The van der Waals surface area contributed by atoms with E-state index in [0.717, 1.165) is 5.69 Å². The van der Waals surface area contributed by atoms with Gasteiger partial charge < -0.3 is 19.5 Å². The largest absolute Gasteiger partial charge is 0.459 e. The van der Waals surface area contributed by atoms with E-state index in [4.69, 9.17) is 4.42 Å². The number of anilines is 2. The number of nitrogens with one attached hydrogen (secondary N) is 1. The van der Waals surface area contributed by atoms with Crippen molar-refractivity contribution < 1.29 is 14.1 Å². The van der Waals surface area contributed by atoms with Crippen molar-refractivity contribution in [2.75, 3.05) is 36.4 Å². The van der Waals surface area contributed by atoms with Crippen LogP contribution >= 0.6 is 0 Å². The van der Waals surface area contributed by atoms with Crippen molar-refractivity contribution in [2.45, 2.75) is 6.54 Å². The maximum Gasteiger partial charge on any atom is 0.353 e. The quantitative estimate of drug-likeness (QED) is 0.479. The van der Waals surface area contributed by atoms with E-state index in [1.54, 1.807) is 34.2 Å². The molecule has 4 heterocycles. The molecule has 0 radical (unpaired) electrons. The van der Waals surface area contributed by atoms with E-state index >= 15 is 0 Å². The number of piperazine rings is 1. The molecule has 1 N–H and O–H groups in total. The Hall–Kier alpha value is -4.02. The van der Waals surface area contributed by atoms with Crippen molar-refractivity contribution in [3.05, 3.63) is 70.7 Å². The molecular weight excluding hydrogens is 390 g/mol. The average molecular weight is 409 g/mol. The van der Waals surface area contributed by atoms with Crippen molar-refractivity contribution in [1.29, 1.82) is 0 Å². The summed E-state index contributed by atoms with van der Waals surface area (Å²) in [6, 6.07) is 8.73. The summed E-state index contributed by atoms with van der Waals surface area (Å²) in [6.07, 6.45) is 4.40. The van der Waals surface area contributed by atoms with Gasteiger partial charge in [0.2, 0.25) is 11.6 Å². The molecule has 0 spiro atoms. The summed E-state index contributed by atoms with van der Waals surface area (Å²) in [5.74, 6) is 0.431. The number of nitro groups is 1. The van der Waals surface area contributed by atoms with Crippen LogP contribution in [0.25, 0.3) is 0 Å². The van der Waals surface area contributed by atoms with Crippen molar-refractivity contribution in [3.63, 3.8) is 0 Å². The average Bonchev–Trinajstić information content (AvgIpc) is 3.32. The van der Waals surface area contributed by atoms with Gasteiger partial charge in [-0.25, -0.2) is 9.97 Å². The lowest BCUT2D eigenvalue weighted by Gasteiger charge is -2.34. The monoisotopic (exact) mass is 409 g/mol. The highest BCUT2D eigenvalue weighted by Crippen LogP contribution is 2.32. The van der Waals surface area contributed by atoms with Crippen LogP contribution in [0.4, 0.5) is 17.3 Å². The molecule has 0 aromatic carbocycles. The van der Waals surface area contributed by atoms with Crippen LogP contribution in [0.1, 0.15) is 16.2 Å². The molecule has 11 nitrogen and oxygen atoms in total. The number of pyridine rings is 1. The lowest BCUT2D eigenvalue weighted by atomic mass is 10.2. The van der Waals surface area contributed by atoms with Gasteiger partial charge in [-0.3, -0.25) is 19.9 Å². The molecule has 3 aromatic rings. The lowest BCUT2D eigenvalue weighted by Crippen LogP contribution is -2.49. The molecule has 154 valence electrons. The van der Waals surface area contributed by atoms with Gasteiger partial charge in [-0.2, -0.15) is 0 Å². The zero-order chi connectivity index (χ0) is 20.9. The molecule has 11 heteroatoms. The highest BCUT2D eigenvalue weighted by atomic mass is 16.6. The maximum absolute atomic E-state index is 12.4. The van der Waals surface area contributed by atoms with Gasteiger partial charge in [-0.15, -0.1) is 0 Å². The number of nitrogens with zero attached hydrogens (tertiary/aromatic N) is 6. The van der Waals surface area contributed by atoms with Gasteiger partial charge in [0, 0.05) is 32.4 Å². The Balaban J connectivity index is 1.49. The second-order valence-electron chi connectivity index (χ2n) is 6.58. The number of amides is 1. The van der Waals surface area contributed by atoms with Gasteiger partial charge in [0.05, 0.1) is 23.4 Å². The van der Waals surface area contributed by atoms with E-state index in [2.05, 4.69) is 20.3 Å². The van der Waals surface area contributed by atoms with E-state index in [9.17, 15) is 14.9 Å². The van der Waals surface area contributed by atoms with E-state index < -0.39 is 4.92 Å². The minimum Gasteiger partial charge on any atom is -0.459 e. The van der Waals surface area contributed by atoms with Gasteiger partial charge in [0.1, 0.15) is 6.33 Å². The van der Waals surface area contributed by atoms with Crippen LogP contribution in [0.2, 0.25) is 0 Å². The van der Waals surface area contributed by atoms with Crippen molar-refractivity contribution in [3.8, 4) is 0 Å². The fourth-order valence-corrected chi connectivity index (χ4v) is 3.25. The first-order chi connectivity index (χ1) is 14.6. The standard InChI is InChI=1S/C19H19N7O4/c27-19(15-5-3-11-30-15)25-9-7-24(8-10-25)18-16(26(28)29)17(22-13-23-18)21-12-14-4-1-2-6-20-14/h1-6,11,13H,7-10,12H2,(H,21,22,23). The second kappa shape index (κ2) is 8.55. The normalized spacial score (nSPS) is 13.9. The number of rotatable bonds is 6. The molecule has 0 unspecified atom stereocenters. The molecule has 1 saturated heterocycles. The summed E-state index contributed by atoms with van der Waals surface area (Å²) in [4.78, 5) is 39.6. The fourth-order valence-electron chi connectivity index (χ4n) is 3.25. The molecule has 0 bridgehead atoms. The summed E-state index contributed by atoms with van der Waals surface area (Å²) in [7, 11) is 0. The van der Waals surface area contributed by atoms with Crippen LogP contribution in [0.15, 0.2) is 53.5 Å². The SMILES string of the molecule is O=C(c1ccco1)N1CCN(c2ncnc(NCc3ccccn3)c2[N+](=O)[O-])CC1. The smallest absolute Gasteiger partial charge is 0.353 e. The molecule has 0 saturated carbocycles. The summed E-state index contributed by atoms with van der Waals surface area (Å²) in [6.45, 7) is 1.91. The molecular formula is C19H19N7O4. The number of carbonyl (C=O) groups excluding carboxylic acids is 1. The van der Waals surface area contributed by atoms with Gasteiger partial charge in [-0.1, -0.05) is 6.07 Å². The van der Waals surface area contributed by atoms with Crippen LogP contribution in [0, 0.1) is 10.1 Å². The Labute approximate surface area is 171 Å². The molecule has 1 fully saturated rings. The number of carbonyl (C=O) groups is 1. The minimum absolute atomic E-state index is 0.129. The molecule has 1 aliphatic heterocycles. The lowest BCUT2D eigenvalue weighted by molar-refractivity contribution is -0.383. The minimum atomic E-state index is -0.490. The Morgan fingerprint density at radius 2 is 1.97 bits per heavy atom. The zero-order valence-corrected chi connectivity index (χ0v) is 16.0. The third kappa shape index (κ3) is 4.04. The molecule has 1 aliphatic rings. The number of aromatic nitrogens is 3. The Bertz CT molecular complexity index is 1020. The molecule has 0 aliphatic carbocycles. The summed E-state index contributed by atoms with van der Waals surface area (Å²) >= 11 is 0. The number of hydrogen-bond donors (Lipinski definition) is 1. The van der Waals surface area contributed by atoms with Crippen LogP contribution in [-0.4, -0.2) is 56.9 Å². The van der Waals surface area contributed by atoms with Gasteiger partial charge >= 0.3 is 5.69 Å². The Morgan fingerprint density at radius 3 is 2.63 bits per heavy atom. The molecule has 0 atom stereocenters. The van der Waals surface area contributed by atoms with Gasteiger partial charge in [0.15, 0.2) is 5.76 Å². The highest BCUT2D eigenvalue weighted by Gasteiger charge is 2.31. The fraction of sp³-hybridized carbons (Fsp3) is 0.263. The first-order valence-electron chi connectivity index (χ1n) is 9.34. The van der Waals surface area contributed by atoms with Crippen LogP contribution in [-0.2, 0) is 6.54 Å². The summed E-state index contributed by atoms with van der Waals surface area (Å²) in [5.41, 5.74) is 0.538. The predicted molar refractivity (Wildman–Crippen MR) is 107 cm³/mol. The van der Waals surface area contributed by atoms with Crippen molar-refractivity contribution in [2.24, 2.45) is 0 Å². The van der Waals surface area contributed by atoms with Crippen molar-refractivity contribution in [1.82, 2.24) is 19.9 Å². The number of hydrogen-bond acceptors (Lipinski definition) is 9. The summed E-state index contributed by atoms with van der Waals surface area (Å²) < 4.78 is 5.16. The Kier molecular flexibility index (Phi) is 5.50. The first-order valence-corrected chi connectivity index (χ1v) is 9.34. The summed E-state index contributed by atoms with van der Waals surface area (Å²) in [5, 5.41) is 14.8. The van der Waals surface area contributed by atoms with E-state index in [-0.39, 0.29) is 29.0 Å². The second-order valence-corrected chi connectivity index (χ2v) is 6.58. The van der Waals surface area contributed by atoms with E-state index in [1.165, 1.54) is 12.6 Å². The number of furan rings is 1. The van der Waals surface area contributed by atoms with Crippen LogP contribution < -0.4 is 10.2 Å². The van der Waals surface area contributed by atoms with E-state index in [0.29, 0.717) is 32.7 Å². The highest BCUT2D eigenvalue weighted by molar-refractivity contribution is 5.91. The van der Waals surface area contributed by atoms with Gasteiger partial charge in [0.25, 0.3) is 5.91 Å². The molecule has 30 heavy (non-hydrogen) atoms. The zero-order valence-electron chi connectivity index (χ0n) is 16.0. The van der Waals surface area contributed by atoms with Gasteiger partial charge in [-0.05, 0) is 24.3 Å². The molecule has 3 aromatic heterocycles. The first kappa shape index (κ1) is 19.3. The predicted octanol–water partition coefficient (Wildman–Crippen LogP) is 1.95.